The molecule has 4 amide bonds. The van der Waals surface area contributed by atoms with Crippen molar-refractivity contribution in [3.63, 3.8) is 0 Å². The molecule has 10 nitrogen and oxygen atoms in total. The van der Waals surface area contributed by atoms with Crippen LogP contribution in [-0.4, -0.2) is 54.8 Å². The minimum absolute atomic E-state index is 0.0275. The molecule has 4 atom stereocenters. The number of hydrogen-bond acceptors (Lipinski definition) is 6. The van der Waals surface area contributed by atoms with Crippen LogP contribution < -0.4 is 21.3 Å². The molecule has 1 saturated heterocycles. The van der Waals surface area contributed by atoms with E-state index in [0.717, 1.165) is 28.3 Å². The van der Waals surface area contributed by atoms with Gasteiger partial charge in [0, 0.05) is 18.9 Å². The number of amides is 4. The molecule has 1 aliphatic heterocycles. The second kappa shape index (κ2) is 16.4. The van der Waals surface area contributed by atoms with Crippen molar-refractivity contribution >= 4 is 40.9 Å². The van der Waals surface area contributed by atoms with Crippen LogP contribution in [0.3, 0.4) is 0 Å². The van der Waals surface area contributed by atoms with Gasteiger partial charge in [-0.15, -0.1) is 0 Å². The molecule has 1 aliphatic rings. The number of aldehydes is 1. The highest BCUT2D eigenvalue weighted by atomic mass is 16.5. The summed E-state index contributed by atoms with van der Waals surface area (Å²) in [5, 5.41) is 13.0. The summed E-state index contributed by atoms with van der Waals surface area (Å²) in [6, 6.07) is 19.8. The van der Waals surface area contributed by atoms with Gasteiger partial charge in [0.15, 0.2) is 0 Å². The molecule has 1 heterocycles. The standard InChI is InChI=1S/C35H42N4O6/c1-23(2)18-30(33(42)37-28(21-40)19-27-15-9-17-36-32(27)41)38-34(43)31(39-35(44)45-22-24-10-4-3-5-11-24)20-26-14-8-13-25-12-6-7-16-29(25)26/h3-8,10-14,16,21,23,27-28,30-31H,9,15,17-20,22H2,1-2H3,(H,36,41)(H,37,42)(H,38,43)(H,39,44)/t27-,28-,30-,31-/m0/s1. The number of ether oxygens (including phenoxy) is 1. The van der Waals surface area contributed by atoms with Gasteiger partial charge in [-0.2, -0.15) is 0 Å². The molecule has 4 rings (SSSR count). The van der Waals surface area contributed by atoms with E-state index in [1.54, 1.807) is 0 Å². The van der Waals surface area contributed by atoms with Gasteiger partial charge in [-0.25, -0.2) is 4.79 Å². The Bertz CT molecular complexity index is 1470. The van der Waals surface area contributed by atoms with E-state index in [2.05, 4.69) is 21.3 Å². The van der Waals surface area contributed by atoms with Gasteiger partial charge in [-0.1, -0.05) is 86.6 Å². The molecule has 0 aromatic heterocycles. The first-order valence-corrected chi connectivity index (χ1v) is 15.5. The van der Waals surface area contributed by atoms with Gasteiger partial charge in [0.25, 0.3) is 0 Å². The van der Waals surface area contributed by atoms with Crippen molar-refractivity contribution in [3.05, 3.63) is 83.9 Å². The first-order valence-electron chi connectivity index (χ1n) is 15.5. The lowest BCUT2D eigenvalue weighted by Gasteiger charge is -2.27. The number of benzene rings is 3. The summed E-state index contributed by atoms with van der Waals surface area (Å²) in [5.41, 5.74) is 1.64. The molecule has 0 saturated carbocycles. The highest BCUT2D eigenvalue weighted by molar-refractivity contribution is 5.93. The molecule has 10 heteroatoms. The quantitative estimate of drug-likeness (QED) is 0.204. The van der Waals surface area contributed by atoms with Crippen LogP contribution in [0.15, 0.2) is 72.8 Å². The summed E-state index contributed by atoms with van der Waals surface area (Å²) in [6.07, 6.45) is 1.94. The Morgan fingerprint density at radius 1 is 0.911 bits per heavy atom. The third kappa shape index (κ3) is 9.89. The zero-order valence-electron chi connectivity index (χ0n) is 25.8. The highest BCUT2D eigenvalue weighted by Crippen LogP contribution is 2.21. The van der Waals surface area contributed by atoms with Crippen LogP contribution >= 0.6 is 0 Å². The Balaban J connectivity index is 1.50. The summed E-state index contributed by atoms with van der Waals surface area (Å²) < 4.78 is 5.42. The monoisotopic (exact) mass is 614 g/mol. The molecule has 0 aliphatic carbocycles. The Hall–Kier alpha value is -4.73. The maximum absolute atomic E-state index is 13.8. The Labute approximate surface area is 263 Å². The van der Waals surface area contributed by atoms with Gasteiger partial charge in [-0.05, 0) is 53.5 Å². The van der Waals surface area contributed by atoms with Gasteiger partial charge in [0.1, 0.15) is 25.0 Å². The molecule has 45 heavy (non-hydrogen) atoms. The average Bonchev–Trinajstić information content (AvgIpc) is 3.04. The maximum atomic E-state index is 13.8. The van der Waals surface area contributed by atoms with Gasteiger partial charge in [0.2, 0.25) is 17.7 Å². The summed E-state index contributed by atoms with van der Waals surface area (Å²) >= 11 is 0. The van der Waals surface area contributed by atoms with Crippen molar-refractivity contribution in [2.75, 3.05) is 6.54 Å². The van der Waals surface area contributed by atoms with E-state index < -0.39 is 36.0 Å². The van der Waals surface area contributed by atoms with Crippen molar-refractivity contribution in [3.8, 4) is 0 Å². The lowest BCUT2D eigenvalue weighted by atomic mass is 9.91. The van der Waals surface area contributed by atoms with E-state index in [1.165, 1.54) is 0 Å². The summed E-state index contributed by atoms with van der Waals surface area (Å²) in [4.78, 5) is 64.3. The van der Waals surface area contributed by atoms with Crippen LogP contribution in [0.5, 0.6) is 0 Å². The molecular weight excluding hydrogens is 572 g/mol. The highest BCUT2D eigenvalue weighted by Gasteiger charge is 2.31. The molecule has 0 unspecified atom stereocenters. The average molecular weight is 615 g/mol. The molecule has 4 N–H and O–H groups in total. The number of hydrogen-bond donors (Lipinski definition) is 4. The number of rotatable bonds is 14. The van der Waals surface area contributed by atoms with E-state index in [0.29, 0.717) is 25.7 Å². The van der Waals surface area contributed by atoms with Gasteiger partial charge in [0.05, 0.1) is 6.04 Å². The number of alkyl carbamates (subject to hydrolysis) is 1. The molecule has 0 radical (unpaired) electrons. The summed E-state index contributed by atoms with van der Waals surface area (Å²) in [6.45, 7) is 4.47. The Morgan fingerprint density at radius 3 is 2.36 bits per heavy atom. The normalized spacial score (nSPS) is 16.6. The minimum atomic E-state index is -1.06. The predicted molar refractivity (Wildman–Crippen MR) is 171 cm³/mol. The maximum Gasteiger partial charge on any atom is 0.408 e. The van der Waals surface area contributed by atoms with Crippen LogP contribution in [-0.2, 0) is 36.9 Å². The van der Waals surface area contributed by atoms with Crippen molar-refractivity contribution in [1.29, 1.82) is 0 Å². The number of carbonyl (C=O) groups excluding carboxylic acids is 5. The van der Waals surface area contributed by atoms with Crippen molar-refractivity contribution < 1.29 is 28.7 Å². The van der Waals surface area contributed by atoms with Crippen LogP contribution in [0.25, 0.3) is 10.8 Å². The second-order valence-corrected chi connectivity index (χ2v) is 11.9. The zero-order chi connectivity index (χ0) is 32.2. The van der Waals surface area contributed by atoms with Gasteiger partial charge < -0.3 is 30.8 Å². The number of piperidine rings is 1. The minimum Gasteiger partial charge on any atom is -0.445 e. The third-order valence-corrected chi connectivity index (χ3v) is 7.90. The van der Waals surface area contributed by atoms with Crippen molar-refractivity contribution in [1.82, 2.24) is 21.3 Å². The molecule has 0 spiro atoms. The van der Waals surface area contributed by atoms with Gasteiger partial charge >= 0.3 is 6.09 Å². The number of nitrogens with one attached hydrogen (secondary N) is 4. The number of carbonyl (C=O) groups is 5. The first-order chi connectivity index (χ1) is 21.7. The predicted octanol–water partition coefficient (Wildman–Crippen LogP) is 3.81. The van der Waals surface area contributed by atoms with E-state index >= 15 is 0 Å². The van der Waals surface area contributed by atoms with E-state index in [4.69, 9.17) is 4.74 Å². The fraction of sp³-hybridized carbons (Fsp3) is 0.400. The van der Waals surface area contributed by atoms with Crippen molar-refractivity contribution in [2.24, 2.45) is 11.8 Å². The van der Waals surface area contributed by atoms with E-state index in [9.17, 15) is 24.0 Å². The van der Waals surface area contributed by atoms with Gasteiger partial charge in [-0.3, -0.25) is 14.4 Å². The fourth-order valence-electron chi connectivity index (χ4n) is 5.58. The molecule has 238 valence electrons. The summed E-state index contributed by atoms with van der Waals surface area (Å²) in [7, 11) is 0. The van der Waals surface area contributed by atoms with Crippen LogP contribution in [0.1, 0.15) is 50.7 Å². The second-order valence-electron chi connectivity index (χ2n) is 11.9. The summed E-state index contributed by atoms with van der Waals surface area (Å²) in [5.74, 6) is -1.56. The Morgan fingerprint density at radius 2 is 1.62 bits per heavy atom. The van der Waals surface area contributed by atoms with E-state index in [1.807, 2.05) is 86.6 Å². The first kappa shape index (κ1) is 33.2. The lowest BCUT2D eigenvalue weighted by Crippen LogP contribution is -2.56. The fourth-order valence-corrected chi connectivity index (χ4v) is 5.58. The molecule has 3 aromatic carbocycles. The SMILES string of the molecule is CC(C)C[C@H](NC(=O)[C@H](Cc1cccc2ccccc12)NC(=O)OCc1ccccc1)C(=O)N[C@H](C=O)C[C@@H]1CCCNC1=O. The number of fused-ring (bicyclic) bond motifs is 1. The van der Waals surface area contributed by atoms with E-state index in [-0.39, 0.29) is 37.2 Å². The molecule has 0 bridgehead atoms. The molecular formula is C35H42N4O6. The van der Waals surface area contributed by atoms with Crippen molar-refractivity contribution in [2.45, 2.75) is 70.7 Å². The Kier molecular flexibility index (Phi) is 12.1. The smallest absolute Gasteiger partial charge is 0.408 e. The molecule has 1 fully saturated rings. The topological polar surface area (TPSA) is 143 Å². The molecule has 3 aromatic rings. The zero-order valence-corrected chi connectivity index (χ0v) is 25.8. The van der Waals surface area contributed by atoms with Crippen LogP contribution in [0, 0.1) is 11.8 Å². The largest absolute Gasteiger partial charge is 0.445 e. The lowest BCUT2D eigenvalue weighted by molar-refractivity contribution is -0.132. The van der Waals surface area contributed by atoms with Crippen LogP contribution in [0.4, 0.5) is 4.79 Å². The van der Waals surface area contributed by atoms with Crippen LogP contribution in [0.2, 0.25) is 0 Å². The third-order valence-electron chi connectivity index (χ3n) is 7.90.